The van der Waals surface area contributed by atoms with Gasteiger partial charge in [0.2, 0.25) is 12.0 Å². The van der Waals surface area contributed by atoms with E-state index in [1.165, 1.54) is 24.9 Å². The summed E-state index contributed by atoms with van der Waals surface area (Å²) in [6.45, 7) is 5.09. The number of hydrogen-bond acceptors (Lipinski definition) is 5. The monoisotopic (exact) mass is 470 g/mol. The summed E-state index contributed by atoms with van der Waals surface area (Å²) in [6, 6.07) is 19.2. The van der Waals surface area contributed by atoms with Gasteiger partial charge in [0.25, 0.3) is 0 Å². The molecular formula is C29H36N5O+. The normalized spacial score (nSPS) is 24.9. The van der Waals surface area contributed by atoms with Gasteiger partial charge in [0.1, 0.15) is 12.4 Å². The number of aliphatic imine (C=N–C) groups is 2. The van der Waals surface area contributed by atoms with Crippen LogP contribution in [0.4, 0.5) is 5.69 Å². The standard InChI is InChI=1S/C29H36N5O/c1-3-32(2)21-24-12-14-26(15-13-24)33(34-17-16-30-19-28(34)20-31-23-34)27-10-7-11-29(18-27)35-22-25-8-5-4-6-9-25/h4-11,16-20,23-24,26H,3,12-15,21-22H2,1-2H3/q+1. The molecule has 35 heavy (non-hydrogen) atoms. The van der Waals surface area contributed by atoms with Gasteiger partial charge in [0.05, 0.1) is 30.3 Å². The summed E-state index contributed by atoms with van der Waals surface area (Å²) < 4.78 is 6.66. The zero-order valence-corrected chi connectivity index (χ0v) is 20.8. The third kappa shape index (κ3) is 5.09. The Bertz CT molecular complexity index is 1120. The van der Waals surface area contributed by atoms with Crippen molar-refractivity contribution in [2.45, 2.75) is 45.3 Å². The molecule has 1 aliphatic carbocycles. The Morgan fingerprint density at radius 3 is 2.63 bits per heavy atom. The Morgan fingerprint density at radius 2 is 1.83 bits per heavy atom. The summed E-state index contributed by atoms with van der Waals surface area (Å²) in [5.41, 5.74) is 3.37. The number of anilines is 1. The lowest BCUT2D eigenvalue weighted by Gasteiger charge is -2.46. The second-order valence-electron chi connectivity index (χ2n) is 9.78. The number of fused-ring (bicyclic) bond motifs is 1. The zero-order valence-electron chi connectivity index (χ0n) is 20.8. The molecule has 2 heterocycles. The fraction of sp³-hybridized carbons (Fsp3) is 0.379. The maximum atomic E-state index is 6.21. The highest BCUT2D eigenvalue weighted by molar-refractivity contribution is 5.82. The van der Waals surface area contributed by atoms with E-state index in [1.54, 1.807) is 0 Å². The van der Waals surface area contributed by atoms with E-state index in [1.807, 2.05) is 49.2 Å². The van der Waals surface area contributed by atoms with E-state index in [0.717, 1.165) is 42.4 Å². The molecule has 0 N–H and O–H groups in total. The molecule has 1 saturated carbocycles. The number of quaternary nitrogens is 1. The molecule has 0 aromatic heterocycles. The average molecular weight is 471 g/mol. The van der Waals surface area contributed by atoms with Crippen molar-refractivity contribution < 1.29 is 9.33 Å². The van der Waals surface area contributed by atoms with Crippen molar-refractivity contribution in [2.24, 2.45) is 15.9 Å². The van der Waals surface area contributed by atoms with Gasteiger partial charge < -0.3 is 9.64 Å². The molecule has 0 bridgehead atoms. The fourth-order valence-electron chi connectivity index (χ4n) is 5.40. The molecule has 182 valence electrons. The van der Waals surface area contributed by atoms with Gasteiger partial charge in [-0.1, -0.05) is 43.3 Å². The van der Waals surface area contributed by atoms with Gasteiger partial charge in [-0.3, -0.25) is 4.99 Å². The summed E-state index contributed by atoms with van der Waals surface area (Å²) in [5, 5.41) is 2.51. The van der Waals surface area contributed by atoms with Crippen molar-refractivity contribution in [3.63, 3.8) is 0 Å². The van der Waals surface area contributed by atoms with Crippen LogP contribution in [0.2, 0.25) is 0 Å². The lowest BCUT2D eigenvalue weighted by molar-refractivity contribution is -0.746. The highest BCUT2D eigenvalue weighted by atomic mass is 16.5. The average Bonchev–Trinajstić information content (AvgIpc) is 3.34. The molecule has 0 radical (unpaired) electrons. The molecule has 6 heteroatoms. The molecule has 0 spiro atoms. The van der Waals surface area contributed by atoms with Crippen LogP contribution in [0.5, 0.6) is 5.75 Å². The van der Waals surface area contributed by atoms with Crippen molar-refractivity contribution in [2.75, 3.05) is 25.1 Å². The largest absolute Gasteiger partial charge is 0.489 e. The molecule has 6 nitrogen and oxygen atoms in total. The van der Waals surface area contributed by atoms with Gasteiger partial charge in [-0.05, 0) is 62.9 Å². The molecule has 1 unspecified atom stereocenters. The van der Waals surface area contributed by atoms with E-state index in [-0.39, 0.29) is 0 Å². The third-order valence-electron chi connectivity index (χ3n) is 7.41. The molecular weight excluding hydrogens is 434 g/mol. The van der Waals surface area contributed by atoms with Crippen LogP contribution in [0, 0.1) is 5.92 Å². The number of ether oxygens (including phenoxy) is 1. The van der Waals surface area contributed by atoms with Crippen LogP contribution in [-0.4, -0.2) is 48.2 Å². The Kier molecular flexibility index (Phi) is 7.11. The number of allylic oxidation sites excluding steroid dienone is 1. The molecule has 5 rings (SSSR count). The van der Waals surface area contributed by atoms with Crippen LogP contribution in [0.25, 0.3) is 0 Å². The van der Waals surface area contributed by atoms with Crippen LogP contribution < -0.4 is 9.75 Å². The summed E-state index contributed by atoms with van der Waals surface area (Å²) in [4.78, 5) is 11.4. The molecule has 2 aromatic rings. The predicted molar refractivity (Wildman–Crippen MR) is 143 cm³/mol. The van der Waals surface area contributed by atoms with Gasteiger partial charge in [-0.25, -0.2) is 10.0 Å². The third-order valence-corrected chi connectivity index (χ3v) is 7.41. The number of hydrogen-bond donors (Lipinski definition) is 0. The van der Waals surface area contributed by atoms with Crippen molar-refractivity contribution >= 4 is 18.2 Å². The molecule has 0 saturated heterocycles. The molecule has 2 aliphatic heterocycles. The Morgan fingerprint density at radius 1 is 1.00 bits per heavy atom. The van der Waals surface area contributed by atoms with Crippen LogP contribution in [0.15, 0.2) is 88.9 Å². The van der Waals surface area contributed by atoms with Crippen molar-refractivity contribution in [1.82, 2.24) is 4.90 Å². The fourth-order valence-corrected chi connectivity index (χ4v) is 5.40. The topological polar surface area (TPSA) is 40.4 Å². The SMILES string of the molecule is CCN(C)CC1CCC(N(c2cccc(OCc3ccccc3)c2)[N+]23C=CN=CC2=CN=C3)CC1. The van der Waals surface area contributed by atoms with E-state index in [4.69, 9.17) is 4.74 Å². The van der Waals surface area contributed by atoms with Crippen LogP contribution in [0.3, 0.4) is 0 Å². The Balaban J connectivity index is 1.41. The van der Waals surface area contributed by atoms with Crippen molar-refractivity contribution in [3.8, 4) is 5.75 Å². The lowest BCUT2D eigenvalue weighted by Crippen LogP contribution is -2.60. The molecule has 0 amide bonds. The van der Waals surface area contributed by atoms with Gasteiger partial charge in [0.15, 0.2) is 6.20 Å². The van der Waals surface area contributed by atoms with E-state index >= 15 is 0 Å². The highest BCUT2D eigenvalue weighted by Crippen LogP contribution is 2.39. The quantitative estimate of drug-likeness (QED) is 0.438. The maximum Gasteiger partial charge on any atom is 0.225 e. The summed E-state index contributed by atoms with van der Waals surface area (Å²) in [7, 11) is 2.23. The van der Waals surface area contributed by atoms with E-state index in [2.05, 4.69) is 70.4 Å². The first-order valence-corrected chi connectivity index (χ1v) is 12.8. The van der Waals surface area contributed by atoms with Crippen molar-refractivity contribution in [3.05, 3.63) is 84.5 Å². The van der Waals surface area contributed by atoms with Crippen molar-refractivity contribution in [1.29, 1.82) is 0 Å². The predicted octanol–water partition coefficient (Wildman–Crippen LogP) is 5.75. The molecule has 1 fully saturated rings. The smallest absolute Gasteiger partial charge is 0.225 e. The van der Waals surface area contributed by atoms with Gasteiger partial charge in [-0.15, -0.1) is 4.59 Å². The Hall–Kier alpha value is -3.22. The molecule has 1 atom stereocenters. The van der Waals surface area contributed by atoms with E-state index in [0.29, 0.717) is 17.2 Å². The minimum atomic E-state index is 0.395. The molecule has 2 aromatic carbocycles. The van der Waals surface area contributed by atoms with Crippen LogP contribution in [-0.2, 0) is 6.61 Å². The van der Waals surface area contributed by atoms with Gasteiger partial charge in [0, 0.05) is 12.6 Å². The first-order chi connectivity index (χ1) is 17.2. The first-order valence-electron chi connectivity index (χ1n) is 12.8. The first kappa shape index (κ1) is 23.5. The minimum Gasteiger partial charge on any atom is -0.489 e. The summed E-state index contributed by atoms with van der Waals surface area (Å²) in [6.07, 6.45) is 14.7. The number of rotatable bonds is 9. The minimum absolute atomic E-state index is 0.395. The second kappa shape index (κ2) is 10.6. The number of nitrogens with zero attached hydrogens (tertiary/aromatic N) is 5. The lowest BCUT2D eigenvalue weighted by atomic mass is 9.85. The van der Waals surface area contributed by atoms with E-state index < -0.39 is 0 Å². The second-order valence-corrected chi connectivity index (χ2v) is 9.78. The zero-order chi connectivity index (χ0) is 24.1. The highest BCUT2D eigenvalue weighted by Gasteiger charge is 2.45. The maximum absolute atomic E-state index is 6.21. The van der Waals surface area contributed by atoms with Crippen LogP contribution >= 0.6 is 0 Å². The molecule has 3 aliphatic rings. The number of benzene rings is 2. The van der Waals surface area contributed by atoms with E-state index in [9.17, 15) is 0 Å². The summed E-state index contributed by atoms with van der Waals surface area (Å²) in [5.74, 6) is 1.64. The Labute approximate surface area is 209 Å². The van der Waals surface area contributed by atoms with Crippen LogP contribution in [0.1, 0.15) is 38.2 Å². The van der Waals surface area contributed by atoms with Gasteiger partial charge in [-0.2, -0.15) is 0 Å². The summed E-state index contributed by atoms with van der Waals surface area (Å²) >= 11 is 0. The van der Waals surface area contributed by atoms with Gasteiger partial charge >= 0.3 is 0 Å².